The van der Waals surface area contributed by atoms with Crippen LogP contribution in [-0.4, -0.2) is 20.7 Å². The minimum absolute atomic E-state index is 0.00127. The lowest BCUT2D eigenvalue weighted by atomic mass is 9.85. The van der Waals surface area contributed by atoms with Gasteiger partial charge in [0.25, 0.3) is 5.91 Å². The quantitative estimate of drug-likeness (QED) is 0.252. The minimum Gasteiger partial charge on any atom is -0.328 e. The van der Waals surface area contributed by atoms with E-state index in [1.807, 2.05) is 44.2 Å². The number of nitrogens with zero attached hydrogens (tertiary/aromatic N) is 3. The molecule has 1 aliphatic rings. The third kappa shape index (κ3) is 5.76. The van der Waals surface area contributed by atoms with Gasteiger partial charge >= 0.3 is 0 Å². The summed E-state index contributed by atoms with van der Waals surface area (Å²) in [6, 6.07) is 22.3. The van der Waals surface area contributed by atoms with Crippen molar-refractivity contribution in [2.24, 2.45) is 0 Å². The number of amides is 1. The van der Waals surface area contributed by atoms with E-state index in [-0.39, 0.29) is 17.1 Å². The SMILES string of the molecule is CC1=C(C(=O)Nc2cccc(C)c2)C(c2ccc(C(C)(C)C)cc2)n2nc(SCc3ccccc3F)nc2N1. The zero-order valence-corrected chi connectivity index (χ0v) is 23.6. The summed E-state index contributed by atoms with van der Waals surface area (Å²) < 4.78 is 15.9. The third-order valence-corrected chi connectivity index (χ3v) is 7.65. The maximum atomic E-state index is 14.2. The van der Waals surface area contributed by atoms with Gasteiger partial charge in [-0.25, -0.2) is 9.07 Å². The Morgan fingerprint density at radius 2 is 1.79 bits per heavy atom. The van der Waals surface area contributed by atoms with Gasteiger partial charge in [0.05, 0.1) is 5.57 Å². The Balaban J connectivity index is 1.51. The van der Waals surface area contributed by atoms with Crippen LogP contribution in [0.1, 0.15) is 56.0 Å². The standard InChI is InChI=1S/C31H32FN5OS/c1-19-9-8-11-24(17-19)34-28(38)26-20(2)33-29-35-30(39-18-22-10-6-7-12-25(22)32)36-37(29)27(26)21-13-15-23(16-14-21)31(3,4)5/h6-17,27H,18H2,1-5H3,(H,34,38)(H,33,35,36). The number of halogens is 1. The van der Waals surface area contributed by atoms with Gasteiger partial charge in [-0.05, 0) is 59.7 Å². The Bertz CT molecular complexity index is 1550. The van der Waals surface area contributed by atoms with Gasteiger partial charge in [0.15, 0.2) is 0 Å². The van der Waals surface area contributed by atoms with Crippen molar-refractivity contribution in [1.82, 2.24) is 14.8 Å². The van der Waals surface area contributed by atoms with E-state index >= 15 is 0 Å². The van der Waals surface area contributed by atoms with Gasteiger partial charge in [0, 0.05) is 17.1 Å². The predicted octanol–water partition coefficient (Wildman–Crippen LogP) is 7.24. The number of carbonyl (C=O) groups is 1. The van der Waals surface area contributed by atoms with Crippen molar-refractivity contribution < 1.29 is 9.18 Å². The summed E-state index contributed by atoms with van der Waals surface area (Å²) in [6.07, 6.45) is 0. The summed E-state index contributed by atoms with van der Waals surface area (Å²) in [4.78, 5) is 18.4. The van der Waals surface area contributed by atoms with E-state index in [2.05, 4.69) is 60.7 Å². The first-order valence-electron chi connectivity index (χ1n) is 12.9. The van der Waals surface area contributed by atoms with Crippen LogP contribution in [0.2, 0.25) is 0 Å². The van der Waals surface area contributed by atoms with Crippen LogP contribution in [0.4, 0.5) is 16.0 Å². The van der Waals surface area contributed by atoms with Crippen LogP contribution in [0.3, 0.4) is 0 Å². The molecule has 0 bridgehead atoms. The lowest BCUT2D eigenvalue weighted by molar-refractivity contribution is -0.113. The molecule has 2 N–H and O–H groups in total. The van der Waals surface area contributed by atoms with Crippen LogP contribution in [0.15, 0.2) is 89.2 Å². The number of hydrogen-bond acceptors (Lipinski definition) is 5. The molecule has 1 amide bonds. The number of aryl methyl sites for hydroxylation is 1. The molecule has 0 aliphatic carbocycles. The summed E-state index contributed by atoms with van der Waals surface area (Å²) in [7, 11) is 0. The molecule has 5 rings (SSSR count). The Kier molecular flexibility index (Phi) is 7.32. The number of rotatable bonds is 6. The number of aromatic nitrogens is 3. The first-order valence-corrected chi connectivity index (χ1v) is 13.9. The second-order valence-electron chi connectivity index (χ2n) is 10.8. The van der Waals surface area contributed by atoms with E-state index in [9.17, 15) is 9.18 Å². The molecule has 4 aromatic rings. The summed E-state index contributed by atoms with van der Waals surface area (Å²) in [5.41, 5.74) is 5.77. The summed E-state index contributed by atoms with van der Waals surface area (Å²) in [5, 5.41) is 11.6. The molecule has 0 saturated carbocycles. The molecule has 6 nitrogen and oxygen atoms in total. The van der Waals surface area contributed by atoms with Crippen LogP contribution in [0.25, 0.3) is 0 Å². The fourth-order valence-electron chi connectivity index (χ4n) is 4.64. The fraction of sp³-hybridized carbons (Fsp3) is 0.258. The van der Waals surface area contributed by atoms with Crippen molar-refractivity contribution >= 4 is 29.3 Å². The molecular weight excluding hydrogens is 509 g/mol. The lowest BCUT2D eigenvalue weighted by Crippen LogP contribution is -2.31. The molecule has 0 fully saturated rings. The molecule has 0 saturated heterocycles. The fourth-order valence-corrected chi connectivity index (χ4v) is 5.45. The van der Waals surface area contributed by atoms with Crippen molar-refractivity contribution in [2.45, 2.75) is 57.0 Å². The molecule has 1 aliphatic heterocycles. The van der Waals surface area contributed by atoms with E-state index < -0.39 is 6.04 Å². The Hall–Kier alpha value is -3.91. The second-order valence-corrected chi connectivity index (χ2v) is 11.7. The number of hydrogen-bond donors (Lipinski definition) is 2. The van der Waals surface area contributed by atoms with Crippen LogP contribution >= 0.6 is 11.8 Å². The van der Waals surface area contributed by atoms with Crippen LogP contribution < -0.4 is 10.6 Å². The number of nitrogens with one attached hydrogen (secondary N) is 2. The number of allylic oxidation sites excluding steroid dienone is 1. The summed E-state index contributed by atoms with van der Waals surface area (Å²) >= 11 is 1.36. The summed E-state index contributed by atoms with van der Waals surface area (Å²) in [6.45, 7) is 10.4. The average molecular weight is 542 g/mol. The highest BCUT2D eigenvalue weighted by atomic mass is 32.2. The topological polar surface area (TPSA) is 71.8 Å². The Labute approximate surface area is 232 Å². The zero-order chi connectivity index (χ0) is 27.7. The largest absolute Gasteiger partial charge is 0.328 e. The van der Waals surface area contributed by atoms with Crippen molar-refractivity contribution in [3.63, 3.8) is 0 Å². The highest BCUT2D eigenvalue weighted by molar-refractivity contribution is 7.98. The van der Waals surface area contributed by atoms with E-state index in [0.717, 1.165) is 16.8 Å². The molecule has 0 spiro atoms. The van der Waals surface area contributed by atoms with E-state index in [0.29, 0.717) is 33.7 Å². The van der Waals surface area contributed by atoms with Gasteiger partial charge in [-0.2, -0.15) is 4.98 Å². The normalized spacial score (nSPS) is 15.1. The lowest BCUT2D eigenvalue weighted by Gasteiger charge is -2.29. The van der Waals surface area contributed by atoms with Crippen molar-refractivity contribution in [3.8, 4) is 0 Å². The van der Waals surface area contributed by atoms with Gasteiger partial charge in [0.1, 0.15) is 11.9 Å². The number of carbonyl (C=O) groups excluding carboxylic acids is 1. The molecule has 39 heavy (non-hydrogen) atoms. The van der Waals surface area contributed by atoms with Gasteiger partial charge in [-0.3, -0.25) is 4.79 Å². The monoisotopic (exact) mass is 541 g/mol. The van der Waals surface area contributed by atoms with E-state index in [1.54, 1.807) is 16.8 Å². The number of fused-ring (bicyclic) bond motifs is 1. The molecular formula is C31H32FN5OS. The van der Waals surface area contributed by atoms with Crippen LogP contribution in [0.5, 0.6) is 0 Å². The molecule has 1 unspecified atom stereocenters. The van der Waals surface area contributed by atoms with E-state index in [1.165, 1.54) is 23.4 Å². The van der Waals surface area contributed by atoms with Crippen LogP contribution in [0, 0.1) is 12.7 Å². The highest BCUT2D eigenvalue weighted by Gasteiger charge is 2.34. The van der Waals surface area contributed by atoms with Gasteiger partial charge < -0.3 is 10.6 Å². The van der Waals surface area contributed by atoms with Gasteiger partial charge in [0.2, 0.25) is 11.1 Å². The first kappa shape index (κ1) is 26.7. The minimum atomic E-state index is -0.490. The average Bonchev–Trinajstić information content (AvgIpc) is 3.29. The second kappa shape index (κ2) is 10.7. The van der Waals surface area contributed by atoms with Gasteiger partial charge in [-0.1, -0.05) is 87.1 Å². The number of anilines is 2. The van der Waals surface area contributed by atoms with Crippen molar-refractivity contribution in [2.75, 3.05) is 10.6 Å². The van der Waals surface area contributed by atoms with Gasteiger partial charge in [-0.15, -0.1) is 5.10 Å². The predicted molar refractivity (Wildman–Crippen MR) is 155 cm³/mol. The maximum Gasteiger partial charge on any atom is 0.255 e. The smallest absolute Gasteiger partial charge is 0.255 e. The maximum absolute atomic E-state index is 14.2. The molecule has 2 heterocycles. The molecule has 200 valence electrons. The van der Waals surface area contributed by atoms with E-state index in [4.69, 9.17) is 5.10 Å². The number of thioether (sulfide) groups is 1. The number of benzene rings is 3. The Morgan fingerprint density at radius 3 is 2.49 bits per heavy atom. The highest BCUT2D eigenvalue weighted by Crippen LogP contribution is 2.38. The third-order valence-electron chi connectivity index (χ3n) is 6.76. The first-order chi connectivity index (χ1) is 18.6. The molecule has 0 radical (unpaired) electrons. The summed E-state index contributed by atoms with van der Waals surface area (Å²) in [5.74, 6) is 0.475. The zero-order valence-electron chi connectivity index (χ0n) is 22.7. The molecule has 8 heteroatoms. The molecule has 1 aromatic heterocycles. The molecule has 1 atom stereocenters. The van der Waals surface area contributed by atoms with Crippen molar-refractivity contribution in [3.05, 3.63) is 112 Å². The molecule has 3 aromatic carbocycles. The van der Waals surface area contributed by atoms with Crippen molar-refractivity contribution in [1.29, 1.82) is 0 Å². The van der Waals surface area contributed by atoms with Crippen LogP contribution in [-0.2, 0) is 16.0 Å². The Morgan fingerprint density at radius 1 is 1.05 bits per heavy atom.